The van der Waals surface area contributed by atoms with Crippen molar-refractivity contribution < 1.29 is 28.5 Å². The maximum atomic E-state index is 13.6. The molecule has 18 heavy (non-hydrogen) atoms. The molecule has 0 radical (unpaired) electrons. The van der Waals surface area contributed by atoms with E-state index in [0.717, 1.165) is 12.1 Å². The summed E-state index contributed by atoms with van der Waals surface area (Å²) in [6.45, 7) is 1.17. The summed E-state index contributed by atoms with van der Waals surface area (Å²) < 4.78 is 31.4. The minimum atomic E-state index is -4.00. The number of alkyl halides is 2. The number of esters is 1. The number of halogens is 2. The molecule has 1 aromatic rings. The summed E-state index contributed by atoms with van der Waals surface area (Å²) >= 11 is 0. The van der Waals surface area contributed by atoms with Crippen molar-refractivity contribution in [2.45, 2.75) is 18.9 Å². The Morgan fingerprint density at radius 3 is 2.67 bits per heavy atom. The zero-order valence-corrected chi connectivity index (χ0v) is 9.56. The highest BCUT2D eigenvalue weighted by molar-refractivity contribution is 5.79. The fourth-order valence-corrected chi connectivity index (χ4v) is 1.35. The second-order valence-electron chi connectivity index (χ2n) is 3.54. The molecule has 100 valence electrons. The number of hydrogen-bond donors (Lipinski definition) is 3. The van der Waals surface area contributed by atoms with Gasteiger partial charge in [0.05, 0.1) is 6.61 Å². The second kappa shape index (κ2) is 5.18. The van der Waals surface area contributed by atoms with Crippen LogP contribution in [-0.4, -0.2) is 28.7 Å². The van der Waals surface area contributed by atoms with Gasteiger partial charge in [0.1, 0.15) is 6.04 Å². The molecule has 0 spiro atoms. The van der Waals surface area contributed by atoms with Crippen molar-refractivity contribution >= 4 is 5.97 Å². The van der Waals surface area contributed by atoms with E-state index in [2.05, 4.69) is 4.74 Å². The molecule has 1 aromatic carbocycles. The van der Waals surface area contributed by atoms with Gasteiger partial charge >= 0.3 is 11.9 Å². The van der Waals surface area contributed by atoms with E-state index in [1.165, 1.54) is 13.0 Å². The van der Waals surface area contributed by atoms with Gasteiger partial charge in [-0.15, -0.1) is 0 Å². The first-order valence-corrected chi connectivity index (χ1v) is 5.13. The zero-order valence-electron chi connectivity index (χ0n) is 9.56. The van der Waals surface area contributed by atoms with Crippen LogP contribution in [-0.2, 0) is 9.53 Å². The zero-order chi connectivity index (χ0) is 13.9. The van der Waals surface area contributed by atoms with Crippen LogP contribution in [0.5, 0.6) is 11.5 Å². The number of phenolic OH excluding ortho intramolecular Hbond substituents is 2. The van der Waals surface area contributed by atoms with Crippen LogP contribution in [0, 0.1) is 0 Å². The third-order valence-electron chi connectivity index (χ3n) is 2.32. The maximum Gasteiger partial charge on any atom is 0.379 e. The predicted molar refractivity (Wildman–Crippen MR) is 58.3 cm³/mol. The van der Waals surface area contributed by atoms with E-state index in [0.29, 0.717) is 0 Å². The molecule has 7 heteroatoms. The van der Waals surface area contributed by atoms with Gasteiger partial charge in [0, 0.05) is 5.56 Å². The molecule has 1 atom stereocenters. The second-order valence-corrected chi connectivity index (χ2v) is 3.54. The summed E-state index contributed by atoms with van der Waals surface area (Å²) in [5.74, 6) is -7.15. The van der Waals surface area contributed by atoms with E-state index in [1.54, 1.807) is 0 Å². The highest BCUT2D eigenvalue weighted by atomic mass is 19.3. The topological polar surface area (TPSA) is 92.8 Å². The van der Waals surface area contributed by atoms with Crippen LogP contribution in [0.1, 0.15) is 18.5 Å². The number of hydrogen-bond acceptors (Lipinski definition) is 5. The van der Waals surface area contributed by atoms with Gasteiger partial charge in [-0.3, -0.25) is 0 Å². The molecule has 0 saturated heterocycles. The fourth-order valence-electron chi connectivity index (χ4n) is 1.35. The number of carbonyl (C=O) groups excluding carboxylic acids is 1. The van der Waals surface area contributed by atoms with Gasteiger partial charge in [0.15, 0.2) is 11.5 Å². The summed E-state index contributed by atoms with van der Waals surface area (Å²) in [5, 5.41) is 18.6. The number of benzene rings is 1. The first-order chi connectivity index (χ1) is 8.32. The lowest BCUT2D eigenvalue weighted by molar-refractivity contribution is -0.174. The van der Waals surface area contributed by atoms with Gasteiger partial charge in [0.2, 0.25) is 0 Å². The van der Waals surface area contributed by atoms with Gasteiger partial charge in [-0.05, 0) is 13.0 Å². The van der Waals surface area contributed by atoms with Gasteiger partial charge in [-0.1, -0.05) is 12.1 Å². The molecule has 0 bridgehead atoms. The van der Waals surface area contributed by atoms with Crippen molar-refractivity contribution in [3.05, 3.63) is 23.8 Å². The molecule has 0 amide bonds. The SMILES string of the molecule is CCOC(=O)C(F)(F)[C@@H](N)c1cccc(O)c1O. The minimum absolute atomic E-state index is 0.215. The van der Waals surface area contributed by atoms with Crippen LogP contribution in [0.4, 0.5) is 8.78 Å². The molecule has 0 unspecified atom stereocenters. The summed E-state index contributed by atoms with van der Waals surface area (Å²) in [5.41, 5.74) is 4.81. The maximum absolute atomic E-state index is 13.6. The van der Waals surface area contributed by atoms with Crippen LogP contribution in [0.3, 0.4) is 0 Å². The first kappa shape index (κ1) is 14.2. The number of ether oxygens (including phenoxy) is 1. The number of carbonyl (C=O) groups is 1. The van der Waals surface area contributed by atoms with Crippen LogP contribution in [0.2, 0.25) is 0 Å². The van der Waals surface area contributed by atoms with Crippen molar-refractivity contribution in [3.63, 3.8) is 0 Å². The normalized spacial score (nSPS) is 13.1. The van der Waals surface area contributed by atoms with E-state index in [1.807, 2.05) is 0 Å². The average molecular weight is 261 g/mol. The van der Waals surface area contributed by atoms with E-state index in [-0.39, 0.29) is 6.61 Å². The van der Waals surface area contributed by atoms with E-state index < -0.39 is 35.0 Å². The third-order valence-corrected chi connectivity index (χ3v) is 2.32. The molecule has 0 saturated carbocycles. The molecule has 0 fully saturated rings. The monoisotopic (exact) mass is 261 g/mol. The van der Waals surface area contributed by atoms with Crippen LogP contribution in [0.15, 0.2) is 18.2 Å². The molecular weight excluding hydrogens is 248 g/mol. The lowest BCUT2D eigenvalue weighted by Crippen LogP contribution is -2.41. The van der Waals surface area contributed by atoms with E-state index >= 15 is 0 Å². The van der Waals surface area contributed by atoms with Gasteiger partial charge in [0.25, 0.3) is 0 Å². The van der Waals surface area contributed by atoms with E-state index in [9.17, 15) is 23.8 Å². The van der Waals surface area contributed by atoms with Crippen LogP contribution >= 0.6 is 0 Å². The van der Waals surface area contributed by atoms with Crippen LogP contribution in [0.25, 0.3) is 0 Å². The largest absolute Gasteiger partial charge is 0.504 e. The van der Waals surface area contributed by atoms with Crippen LogP contribution < -0.4 is 5.73 Å². The molecule has 0 heterocycles. The highest BCUT2D eigenvalue weighted by Crippen LogP contribution is 2.38. The number of rotatable bonds is 4. The molecule has 0 aliphatic rings. The Balaban J connectivity index is 3.09. The average Bonchev–Trinajstić information content (AvgIpc) is 2.32. The van der Waals surface area contributed by atoms with Crippen molar-refractivity contribution in [1.82, 2.24) is 0 Å². The fraction of sp³-hybridized carbons (Fsp3) is 0.364. The number of nitrogens with two attached hydrogens (primary N) is 1. The highest BCUT2D eigenvalue weighted by Gasteiger charge is 2.48. The standard InChI is InChI=1S/C11H13F2NO4/c1-2-18-10(17)11(12,13)9(14)6-4-3-5-7(15)8(6)16/h3-5,9,15-16H,2,14H2,1H3/t9-/m0/s1. The molecule has 4 N–H and O–H groups in total. The Morgan fingerprint density at radius 2 is 2.11 bits per heavy atom. The lowest BCUT2D eigenvalue weighted by atomic mass is 10.00. The number of phenols is 2. The minimum Gasteiger partial charge on any atom is -0.504 e. The van der Waals surface area contributed by atoms with Gasteiger partial charge in [-0.2, -0.15) is 8.78 Å². The van der Waals surface area contributed by atoms with Crippen molar-refractivity contribution in [2.75, 3.05) is 6.61 Å². The van der Waals surface area contributed by atoms with Crippen molar-refractivity contribution in [1.29, 1.82) is 0 Å². The molecule has 0 aliphatic heterocycles. The quantitative estimate of drug-likeness (QED) is 0.561. The van der Waals surface area contributed by atoms with E-state index in [4.69, 9.17) is 5.73 Å². The summed E-state index contributed by atoms with van der Waals surface area (Å²) in [6.07, 6.45) is 0. The molecule has 0 aliphatic carbocycles. The Hall–Kier alpha value is -1.89. The third kappa shape index (κ3) is 2.51. The van der Waals surface area contributed by atoms with Crippen molar-refractivity contribution in [3.8, 4) is 11.5 Å². The Kier molecular flexibility index (Phi) is 4.07. The summed E-state index contributed by atoms with van der Waals surface area (Å²) in [4.78, 5) is 11.1. The Labute approximate surface area is 102 Å². The first-order valence-electron chi connectivity index (χ1n) is 5.13. The predicted octanol–water partition coefficient (Wildman–Crippen LogP) is 1.30. The Morgan fingerprint density at radius 1 is 1.50 bits per heavy atom. The number of para-hydroxylation sites is 1. The number of aromatic hydroxyl groups is 2. The molecule has 5 nitrogen and oxygen atoms in total. The summed E-state index contributed by atoms with van der Waals surface area (Å²) in [6, 6.07) is 1.32. The van der Waals surface area contributed by atoms with Gasteiger partial charge in [-0.25, -0.2) is 4.79 Å². The molecule has 1 rings (SSSR count). The lowest BCUT2D eigenvalue weighted by Gasteiger charge is -2.22. The molecule has 0 aromatic heterocycles. The smallest absolute Gasteiger partial charge is 0.379 e. The van der Waals surface area contributed by atoms with Gasteiger partial charge < -0.3 is 20.7 Å². The Bertz CT molecular complexity index is 451. The van der Waals surface area contributed by atoms with Crippen molar-refractivity contribution in [2.24, 2.45) is 5.73 Å². The summed E-state index contributed by atoms with van der Waals surface area (Å²) in [7, 11) is 0. The molecular formula is C11H13F2NO4.